The molecule has 2 saturated heterocycles. The summed E-state index contributed by atoms with van der Waals surface area (Å²) in [5, 5.41) is 0. The van der Waals surface area contributed by atoms with Crippen LogP contribution >= 0.6 is 0 Å². The predicted molar refractivity (Wildman–Crippen MR) is 73.6 cm³/mol. The van der Waals surface area contributed by atoms with Crippen molar-refractivity contribution in [2.24, 2.45) is 10.8 Å². The predicted octanol–water partition coefficient (Wildman–Crippen LogP) is 2.57. The molecule has 2 heterocycles. The average Bonchev–Trinajstić information content (AvgIpc) is 2.92. The van der Waals surface area contributed by atoms with E-state index in [9.17, 15) is 9.59 Å². The van der Waals surface area contributed by atoms with Gasteiger partial charge in [0.25, 0.3) is 0 Å². The Bertz CT molecular complexity index is 660. The van der Waals surface area contributed by atoms with Crippen molar-refractivity contribution in [1.82, 2.24) is 0 Å². The van der Waals surface area contributed by atoms with E-state index in [-0.39, 0.29) is 11.6 Å². The van der Waals surface area contributed by atoms with Gasteiger partial charge < -0.3 is 4.74 Å². The zero-order chi connectivity index (χ0) is 14.3. The lowest BCUT2D eigenvalue weighted by atomic mass is 9.58. The van der Waals surface area contributed by atoms with Crippen LogP contribution in [0.3, 0.4) is 0 Å². The van der Waals surface area contributed by atoms with Gasteiger partial charge in [-0.2, -0.15) is 0 Å². The quantitative estimate of drug-likeness (QED) is 0.727. The van der Waals surface area contributed by atoms with E-state index in [1.807, 2.05) is 45.0 Å². The fraction of sp³-hybridized carbons (Fsp3) is 0.529. The van der Waals surface area contributed by atoms with Crippen LogP contribution in [0.4, 0.5) is 0 Å². The second-order valence-corrected chi connectivity index (χ2v) is 7.21. The first kappa shape index (κ1) is 12.3. The molecule has 20 heavy (non-hydrogen) atoms. The van der Waals surface area contributed by atoms with Gasteiger partial charge in [-0.3, -0.25) is 9.59 Å². The van der Waals surface area contributed by atoms with Crippen molar-refractivity contribution >= 4 is 11.6 Å². The molecule has 3 atom stereocenters. The highest BCUT2D eigenvalue weighted by Gasteiger charge is 2.74. The summed E-state index contributed by atoms with van der Waals surface area (Å²) >= 11 is 0. The van der Waals surface area contributed by atoms with Crippen molar-refractivity contribution in [2.45, 2.75) is 45.3 Å². The molecule has 0 aromatic heterocycles. The summed E-state index contributed by atoms with van der Waals surface area (Å²) in [5.74, 6) is 0.193. The number of hydrogen-bond acceptors (Lipinski definition) is 3. The minimum Gasteiger partial charge on any atom is -0.362 e. The van der Waals surface area contributed by atoms with Crippen molar-refractivity contribution in [3.05, 3.63) is 35.4 Å². The van der Waals surface area contributed by atoms with E-state index < -0.39 is 22.5 Å². The van der Waals surface area contributed by atoms with Gasteiger partial charge in [0.05, 0.1) is 16.4 Å². The van der Waals surface area contributed by atoms with Crippen LogP contribution in [0, 0.1) is 10.8 Å². The highest BCUT2D eigenvalue weighted by Crippen LogP contribution is 2.63. The lowest BCUT2D eigenvalue weighted by molar-refractivity contribution is -0.131. The molecule has 1 aliphatic carbocycles. The number of hydrogen-bond donors (Lipinski definition) is 0. The van der Waals surface area contributed by atoms with Gasteiger partial charge in [0.1, 0.15) is 6.10 Å². The molecule has 3 aliphatic rings. The summed E-state index contributed by atoms with van der Waals surface area (Å²) in [6, 6.07) is 7.70. The monoisotopic (exact) mass is 270 g/mol. The van der Waals surface area contributed by atoms with Crippen LogP contribution < -0.4 is 0 Å². The fourth-order valence-corrected chi connectivity index (χ4v) is 4.31. The van der Waals surface area contributed by atoms with Gasteiger partial charge in [0.2, 0.25) is 0 Å². The van der Waals surface area contributed by atoms with Crippen LogP contribution in [0.1, 0.15) is 43.1 Å². The minimum atomic E-state index is -0.648. The fourth-order valence-electron chi connectivity index (χ4n) is 4.31. The molecule has 1 spiro atoms. The van der Waals surface area contributed by atoms with Gasteiger partial charge in [0.15, 0.2) is 11.6 Å². The van der Waals surface area contributed by atoms with E-state index >= 15 is 0 Å². The number of ether oxygens (including phenoxy) is 1. The number of carbonyl (C=O) groups excluding carboxylic acids is 2. The number of ketones is 2. The molecule has 0 unspecified atom stereocenters. The van der Waals surface area contributed by atoms with Gasteiger partial charge in [-0.25, -0.2) is 0 Å². The largest absolute Gasteiger partial charge is 0.362 e. The Morgan fingerprint density at radius 3 is 2.45 bits per heavy atom. The third-order valence-corrected chi connectivity index (χ3v) is 5.93. The maximum Gasteiger partial charge on any atom is 0.172 e. The SMILES string of the molecule is CC1(C)C(=O)[C@H]2O[C@]1(C)C[C@@]21Cc2ccccc2C1=O. The molecule has 4 rings (SSSR count). The maximum absolute atomic E-state index is 12.9. The smallest absolute Gasteiger partial charge is 0.172 e. The molecule has 2 aliphatic heterocycles. The van der Waals surface area contributed by atoms with E-state index in [1.165, 1.54) is 0 Å². The summed E-state index contributed by atoms with van der Waals surface area (Å²) in [5.41, 5.74) is 0.163. The first-order valence-corrected chi connectivity index (χ1v) is 7.17. The van der Waals surface area contributed by atoms with Crippen LogP contribution in [0.25, 0.3) is 0 Å². The van der Waals surface area contributed by atoms with Gasteiger partial charge in [0, 0.05) is 5.56 Å². The molecule has 0 saturated carbocycles. The Labute approximate surface area is 118 Å². The number of benzene rings is 1. The zero-order valence-electron chi connectivity index (χ0n) is 12.0. The van der Waals surface area contributed by atoms with Crippen molar-refractivity contribution in [3.63, 3.8) is 0 Å². The normalized spacial score (nSPS) is 40.6. The minimum absolute atomic E-state index is 0.0902. The Morgan fingerprint density at radius 1 is 1.15 bits per heavy atom. The van der Waals surface area contributed by atoms with Crippen LogP contribution in [-0.2, 0) is 16.0 Å². The molecule has 0 radical (unpaired) electrons. The first-order chi connectivity index (χ1) is 9.32. The summed E-state index contributed by atoms with van der Waals surface area (Å²) in [7, 11) is 0. The van der Waals surface area contributed by atoms with Gasteiger partial charge in [-0.15, -0.1) is 0 Å². The Hall–Kier alpha value is -1.48. The molecule has 3 heteroatoms. The third kappa shape index (κ3) is 1.09. The topological polar surface area (TPSA) is 43.4 Å². The third-order valence-electron chi connectivity index (χ3n) is 5.93. The summed E-state index contributed by atoms with van der Waals surface area (Å²) in [6.07, 6.45) is 0.725. The maximum atomic E-state index is 12.9. The number of fused-ring (bicyclic) bond motifs is 4. The van der Waals surface area contributed by atoms with E-state index in [4.69, 9.17) is 4.74 Å². The Balaban J connectivity index is 1.85. The van der Waals surface area contributed by atoms with Gasteiger partial charge in [-0.05, 0) is 25.3 Å². The van der Waals surface area contributed by atoms with E-state index in [0.29, 0.717) is 12.8 Å². The molecule has 2 bridgehead atoms. The van der Waals surface area contributed by atoms with E-state index in [0.717, 1.165) is 11.1 Å². The van der Waals surface area contributed by atoms with E-state index in [2.05, 4.69) is 0 Å². The number of Topliss-reactive ketones (excluding diaryl/α,β-unsaturated/α-hetero) is 2. The highest BCUT2D eigenvalue weighted by atomic mass is 16.5. The molecule has 3 nitrogen and oxygen atoms in total. The molecular formula is C17H18O3. The molecule has 2 fully saturated rings. The summed E-state index contributed by atoms with van der Waals surface area (Å²) < 4.78 is 6.06. The van der Waals surface area contributed by atoms with Crippen LogP contribution in [0.2, 0.25) is 0 Å². The lowest BCUT2D eigenvalue weighted by Crippen LogP contribution is -2.53. The number of carbonyl (C=O) groups is 2. The van der Waals surface area contributed by atoms with Crippen LogP contribution in [0.5, 0.6) is 0 Å². The summed E-state index contributed by atoms with van der Waals surface area (Å²) in [4.78, 5) is 25.6. The van der Waals surface area contributed by atoms with Crippen molar-refractivity contribution < 1.29 is 14.3 Å². The second kappa shape index (κ2) is 3.22. The molecule has 104 valence electrons. The van der Waals surface area contributed by atoms with Crippen molar-refractivity contribution in [2.75, 3.05) is 0 Å². The van der Waals surface area contributed by atoms with Crippen molar-refractivity contribution in [1.29, 1.82) is 0 Å². The molecule has 0 amide bonds. The second-order valence-electron chi connectivity index (χ2n) is 7.21. The van der Waals surface area contributed by atoms with Gasteiger partial charge >= 0.3 is 0 Å². The van der Waals surface area contributed by atoms with Crippen molar-refractivity contribution in [3.8, 4) is 0 Å². The molecule has 0 N–H and O–H groups in total. The Morgan fingerprint density at radius 2 is 1.85 bits per heavy atom. The van der Waals surface area contributed by atoms with E-state index in [1.54, 1.807) is 0 Å². The average molecular weight is 270 g/mol. The molecule has 1 aromatic carbocycles. The first-order valence-electron chi connectivity index (χ1n) is 7.17. The number of rotatable bonds is 0. The van der Waals surface area contributed by atoms with Crippen LogP contribution in [-0.4, -0.2) is 23.3 Å². The zero-order valence-corrected chi connectivity index (χ0v) is 12.0. The summed E-state index contributed by atoms with van der Waals surface area (Å²) in [6.45, 7) is 5.86. The van der Waals surface area contributed by atoms with Gasteiger partial charge in [-0.1, -0.05) is 38.1 Å². The standard InChI is InChI=1S/C17H18O3/c1-15(2)13(19)14-17(9-16(15,3)20-14)8-10-6-4-5-7-11(10)12(17)18/h4-7,14H,8-9H2,1-3H3/t14-,16-,17-/m1/s1. The molecular weight excluding hydrogens is 252 g/mol. The van der Waals surface area contributed by atoms with Crippen LogP contribution in [0.15, 0.2) is 24.3 Å². The highest BCUT2D eigenvalue weighted by molar-refractivity contribution is 6.10. The lowest BCUT2D eigenvalue weighted by Gasteiger charge is -2.40. The molecule has 1 aromatic rings. The Kier molecular flexibility index (Phi) is 1.98.